The molecule has 0 aliphatic heterocycles. The third-order valence-corrected chi connectivity index (χ3v) is 6.68. The van der Waals surface area contributed by atoms with Crippen LogP contribution in [0.15, 0.2) is 48.5 Å². The number of hydrogen-bond donors (Lipinski definition) is 1. The van der Waals surface area contributed by atoms with Crippen molar-refractivity contribution in [2.45, 2.75) is 59.1 Å². The highest BCUT2D eigenvalue weighted by Crippen LogP contribution is 2.48. The molecule has 0 aromatic heterocycles. The molecule has 1 unspecified atom stereocenters. The van der Waals surface area contributed by atoms with Crippen molar-refractivity contribution in [3.8, 4) is 5.75 Å². The Hall–Kier alpha value is -2.14. The Kier molecular flexibility index (Phi) is 9.30. The molecule has 0 aliphatic rings. The van der Waals surface area contributed by atoms with Gasteiger partial charge in [0.15, 0.2) is 0 Å². The van der Waals surface area contributed by atoms with Crippen LogP contribution in [0.25, 0.3) is 0 Å². The summed E-state index contributed by atoms with van der Waals surface area (Å²) in [6, 6.07) is 14.5. The monoisotopic (exact) mass is 447 g/mol. The number of esters is 1. The quantitative estimate of drug-likeness (QED) is 0.345. The Balaban J connectivity index is 2.20. The van der Waals surface area contributed by atoms with Crippen LogP contribution in [0.4, 0.5) is 0 Å². The van der Waals surface area contributed by atoms with Gasteiger partial charge >= 0.3 is 13.5 Å². The number of carbonyl (C=O) groups is 1. The zero-order chi connectivity index (χ0) is 23.0. The van der Waals surface area contributed by atoms with Gasteiger partial charge in [-0.1, -0.05) is 76.2 Å². The Bertz CT molecular complexity index is 872. The van der Waals surface area contributed by atoms with Gasteiger partial charge in [0.1, 0.15) is 24.7 Å². The molecule has 0 spiro atoms. The van der Waals surface area contributed by atoms with E-state index in [1.807, 2.05) is 48.5 Å². The van der Waals surface area contributed by atoms with E-state index in [1.54, 1.807) is 6.92 Å². The lowest BCUT2D eigenvalue weighted by molar-refractivity contribution is -0.146. The van der Waals surface area contributed by atoms with Crippen LogP contribution in [0.3, 0.4) is 0 Å². The van der Waals surface area contributed by atoms with Gasteiger partial charge in [-0.25, -0.2) is 5.09 Å². The van der Waals surface area contributed by atoms with E-state index in [0.29, 0.717) is 5.75 Å². The molecule has 2 aromatic carbocycles. The second-order valence-electron chi connectivity index (χ2n) is 8.20. The number of ether oxygens (including phenoxy) is 2. The van der Waals surface area contributed by atoms with Crippen molar-refractivity contribution < 1.29 is 23.4 Å². The smallest absolute Gasteiger partial charge is 0.342 e. The standard InChI is InChI=1S/C24H34NO5P/c1-17(2)21-13-10-14-22(18(3)4)23(21)30-31(27,16-28-6)25-19(5)24(26)29-15-20-11-8-7-9-12-20/h7-14,17-19H,15-16H2,1-6H3,(H,25,27)/t19-,31?/m0/s1. The number of methoxy groups -OCH3 is 1. The Morgan fingerprint density at radius 2 is 1.52 bits per heavy atom. The molecule has 0 heterocycles. The first-order valence-electron chi connectivity index (χ1n) is 10.6. The number of hydrogen-bond acceptors (Lipinski definition) is 5. The first-order valence-corrected chi connectivity index (χ1v) is 12.4. The van der Waals surface area contributed by atoms with E-state index in [0.717, 1.165) is 16.7 Å². The van der Waals surface area contributed by atoms with Gasteiger partial charge in [-0.2, -0.15) is 0 Å². The largest absolute Gasteiger partial charge is 0.460 e. The van der Waals surface area contributed by atoms with Crippen molar-refractivity contribution in [2.75, 3.05) is 13.5 Å². The van der Waals surface area contributed by atoms with Crippen LogP contribution in [0.1, 0.15) is 63.1 Å². The summed E-state index contributed by atoms with van der Waals surface area (Å²) in [6.07, 6.45) is -0.173. The van der Waals surface area contributed by atoms with Gasteiger partial charge in [0.2, 0.25) is 0 Å². The second kappa shape index (κ2) is 11.5. The fourth-order valence-electron chi connectivity index (χ4n) is 3.20. The maximum absolute atomic E-state index is 13.7. The summed E-state index contributed by atoms with van der Waals surface area (Å²) in [5.41, 5.74) is 2.80. The molecule has 0 aliphatic carbocycles. The molecule has 170 valence electrons. The molecule has 2 atom stereocenters. The summed E-state index contributed by atoms with van der Waals surface area (Å²) in [4.78, 5) is 12.5. The third kappa shape index (κ3) is 7.20. The lowest BCUT2D eigenvalue weighted by Gasteiger charge is -2.27. The van der Waals surface area contributed by atoms with E-state index in [-0.39, 0.29) is 24.8 Å². The van der Waals surface area contributed by atoms with Crippen molar-refractivity contribution in [1.82, 2.24) is 5.09 Å². The fourth-order valence-corrected chi connectivity index (χ4v) is 4.92. The molecule has 31 heavy (non-hydrogen) atoms. The van der Waals surface area contributed by atoms with Crippen molar-refractivity contribution >= 4 is 13.5 Å². The van der Waals surface area contributed by atoms with Gasteiger partial charge < -0.3 is 14.0 Å². The van der Waals surface area contributed by atoms with Crippen molar-refractivity contribution in [3.63, 3.8) is 0 Å². The highest BCUT2D eigenvalue weighted by Gasteiger charge is 2.32. The summed E-state index contributed by atoms with van der Waals surface area (Å²) in [6.45, 7) is 10.00. The summed E-state index contributed by atoms with van der Waals surface area (Å²) in [5, 5.41) is 2.84. The minimum atomic E-state index is -3.55. The summed E-state index contributed by atoms with van der Waals surface area (Å²) in [7, 11) is -2.10. The Morgan fingerprint density at radius 1 is 0.935 bits per heavy atom. The van der Waals surface area contributed by atoms with Crippen LogP contribution in [-0.4, -0.2) is 25.5 Å². The molecule has 6 nitrogen and oxygen atoms in total. The normalized spacial score (nSPS) is 14.3. The average Bonchev–Trinajstić information content (AvgIpc) is 2.72. The van der Waals surface area contributed by atoms with Gasteiger partial charge in [-0.3, -0.25) is 9.36 Å². The van der Waals surface area contributed by atoms with E-state index in [9.17, 15) is 9.36 Å². The number of para-hydroxylation sites is 1. The molecule has 7 heteroatoms. The maximum atomic E-state index is 13.7. The van der Waals surface area contributed by atoms with Crippen molar-refractivity contribution in [1.29, 1.82) is 0 Å². The van der Waals surface area contributed by atoms with Gasteiger partial charge in [-0.05, 0) is 35.4 Å². The fraction of sp³-hybridized carbons (Fsp3) is 0.458. The summed E-state index contributed by atoms with van der Waals surface area (Å²) < 4.78 is 30.3. The van der Waals surface area contributed by atoms with Crippen LogP contribution < -0.4 is 9.61 Å². The number of carbonyl (C=O) groups excluding carboxylic acids is 1. The molecule has 2 rings (SSSR count). The first kappa shape index (κ1) is 25.1. The molecule has 2 aromatic rings. The SMILES string of the molecule is COCP(=O)(N[C@@H](C)C(=O)OCc1ccccc1)Oc1c(C(C)C)cccc1C(C)C. The van der Waals surface area contributed by atoms with Gasteiger partial charge in [0.25, 0.3) is 0 Å². The van der Waals surface area contributed by atoms with Gasteiger partial charge in [0, 0.05) is 7.11 Å². The van der Waals surface area contributed by atoms with Crippen LogP contribution in [-0.2, 0) is 25.4 Å². The van der Waals surface area contributed by atoms with E-state index in [4.69, 9.17) is 14.0 Å². The third-order valence-electron chi connectivity index (χ3n) is 4.83. The van der Waals surface area contributed by atoms with Gasteiger partial charge in [-0.15, -0.1) is 0 Å². The topological polar surface area (TPSA) is 73.9 Å². The molecule has 0 fully saturated rings. The van der Waals surface area contributed by atoms with E-state index in [2.05, 4.69) is 32.8 Å². The highest BCUT2D eigenvalue weighted by atomic mass is 31.2. The van der Waals surface area contributed by atoms with E-state index >= 15 is 0 Å². The zero-order valence-electron chi connectivity index (χ0n) is 19.3. The molecular formula is C24H34NO5P. The van der Waals surface area contributed by atoms with E-state index < -0.39 is 19.5 Å². The number of rotatable bonds is 11. The molecule has 0 saturated heterocycles. The molecular weight excluding hydrogens is 413 g/mol. The minimum Gasteiger partial charge on any atom is -0.460 e. The predicted octanol–water partition coefficient (Wildman–Crippen LogP) is 5.83. The van der Waals surface area contributed by atoms with Crippen molar-refractivity contribution in [2.24, 2.45) is 0 Å². The summed E-state index contributed by atoms with van der Waals surface area (Å²) in [5.74, 6) is 0.436. The Labute approximate surface area is 185 Å². The lowest BCUT2D eigenvalue weighted by Crippen LogP contribution is -2.35. The van der Waals surface area contributed by atoms with Gasteiger partial charge in [0.05, 0.1) is 0 Å². The molecule has 0 saturated carbocycles. The van der Waals surface area contributed by atoms with Crippen LogP contribution in [0.5, 0.6) is 5.75 Å². The average molecular weight is 448 g/mol. The molecule has 0 bridgehead atoms. The maximum Gasteiger partial charge on any atom is 0.342 e. The van der Waals surface area contributed by atoms with Crippen LogP contribution in [0, 0.1) is 0 Å². The highest BCUT2D eigenvalue weighted by molar-refractivity contribution is 7.57. The molecule has 1 N–H and O–H groups in total. The van der Waals surface area contributed by atoms with Crippen molar-refractivity contribution in [3.05, 3.63) is 65.2 Å². The lowest BCUT2D eigenvalue weighted by atomic mass is 9.94. The number of benzene rings is 2. The number of nitrogens with one attached hydrogen (secondary N) is 1. The Morgan fingerprint density at radius 3 is 2.03 bits per heavy atom. The zero-order valence-corrected chi connectivity index (χ0v) is 20.1. The first-order chi connectivity index (χ1) is 14.7. The van der Waals surface area contributed by atoms with Crippen LogP contribution >= 0.6 is 7.52 Å². The molecule has 0 amide bonds. The minimum absolute atomic E-state index is 0.148. The second-order valence-corrected chi connectivity index (χ2v) is 10.2. The predicted molar refractivity (Wildman–Crippen MR) is 124 cm³/mol. The van der Waals surface area contributed by atoms with E-state index in [1.165, 1.54) is 7.11 Å². The van der Waals surface area contributed by atoms with Crippen LogP contribution in [0.2, 0.25) is 0 Å². The molecule has 0 radical (unpaired) electrons. The summed E-state index contributed by atoms with van der Waals surface area (Å²) >= 11 is 0.